The van der Waals surface area contributed by atoms with E-state index in [1.807, 2.05) is 0 Å². The Hall–Kier alpha value is -1.94. The smallest absolute Gasteiger partial charge is 0.460 e. The van der Waals surface area contributed by atoms with Crippen LogP contribution < -0.4 is 4.74 Å². The van der Waals surface area contributed by atoms with E-state index in [1.54, 1.807) is 0 Å². The third-order valence-corrected chi connectivity index (χ3v) is 3.42. The van der Waals surface area contributed by atoms with Crippen LogP contribution in [0.25, 0.3) is 0 Å². The van der Waals surface area contributed by atoms with E-state index in [1.165, 1.54) is 14.0 Å². The second-order valence-corrected chi connectivity index (χ2v) is 5.19. The number of carbonyl (C=O) groups excluding carboxylic acids is 1. The molecule has 0 fully saturated rings. The number of ether oxygens (including phenoxy) is 1. The normalized spacial score (nSPS) is 13.8. The van der Waals surface area contributed by atoms with Crippen molar-refractivity contribution in [1.29, 1.82) is 0 Å². The summed E-state index contributed by atoms with van der Waals surface area (Å²) in [5, 5.41) is 0. The minimum Gasteiger partial charge on any atom is -0.496 e. The molecule has 0 N–H and O–H groups in total. The van der Waals surface area contributed by atoms with E-state index in [0.717, 1.165) is 13.0 Å². The van der Waals surface area contributed by atoms with Crippen molar-refractivity contribution in [2.45, 2.75) is 37.8 Å². The number of methoxy groups -OCH3 is 1. The summed E-state index contributed by atoms with van der Waals surface area (Å²) in [6.45, 7) is 2.24. The maximum absolute atomic E-state index is 13.7. The molecule has 1 rings (SSSR count). The van der Waals surface area contributed by atoms with Crippen LogP contribution in [-0.4, -0.2) is 36.8 Å². The van der Waals surface area contributed by atoms with Crippen molar-refractivity contribution in [2.24, 2.45) is 0 Å². The molecule has 0 spiro atoms. The Morgan fingerprint density at radius 1 is 0.840 bits per heavy atom. The molecule has 0 unspecified atom stereocenters. The topological polar surface area (TPSA) is 26.3 Å². The van der Waals surface area contributed by atoms with Gasteiger partial charge in [-0.25, -0.2) is 0 Å². The van der Waals surface area contributed by atoms with Crippen molar-refractivity contribution in [3.05, 3.63) is 28.8 Å². The minimum absolute atomic E-state index is 0.0122. The first-order valence-electron chi connectivity index (χ1n) is 6.42. The third kappa shape index (κ3) is 3.15. The highest BCUT2D eigenvalue weighted by molar-refractivity contribution is 6.03. The molecule has 0 saturated heterocycles. The van der Waals surface area contributed by atoms with Gasteiger partial charge in [0.1, 0.15) is 5.75 Å². The van der Waals surface area contributed by atoms with Gasteiger partial charge in [0.25, 0.3) is 0 Å². The number of aryl methyl sites for hydroxylation is 2. The summed E-state index contributed by atoms with van der Waals surface area (Å²) in [5.74, 6) is -23.2. The van der Waals surface area contributed by atoms with E-state index >= 15 is 0 Å². The highest BCUT2D eigenvalue weighted by Gasteiger charge is 2.83. The van der Waals surface area contributed by atoms with Crippen molar-refractivity contribution in [3.63, 3.8) is 0 Å². The van der Waals surface area contributed by atoms with E-state index in [2.05, 4.69) is 0 Å². The van der Waals surface area contributed by atoms with Crippen molar-refractivity contribution >= 4 is 5.78 Å². The number of halogens is 9. The standard InChI is InChI=1S/C14H11F9O2/c1-6-5-9(25-3)7(2)4-8(6)10(24)11(15,16)12(17,18)13(19,20)14(21,22)23/h4-5H,1-3H3. The van der Waals surface area contributed by atoms with Crippen LogP contribution >= 0.6 is 0 Å². The lowest BCUT2D eigenvalue weighted by molar-refractivity contribution is -0.386. The van der Waals surface area contributed by atoms with Crippen LogP contribution in [-0.2, 0) is 0 Å². The van der Waals surface area contributed by atoms with Gasteiger partial charge in [-0.3, -0.25) is 4.79 Å². The number of hydrogen-bond donors (Lipinski definition) is 0. The Balaban J connectivity index is 3.49. The number of Topliss-reactive ketones (excluding diaryl/α,β-unsaturated/α-hetero) is 1. The molecule has 0 aromatic heterocycles. The fourth-order valence-electron chi connectivity index (χ4n) is 1.94. The van der Waals surface area contributed by atoms with E-state index in [4.69, 9.17) is 4.74 Å². The quantitative estimate of drug-likeness (QED) is 0.531. The first-order chi connectivity index (χ1) is 11.0. The summed E-state index contributed by atoms with van der Waals surface area (Å²) in [7, 11) is 1.18. The van der Waals surface area contributed by atoms with Gasteiger partial charge in [-0.05, 0) is 37.1 Å². The molecule has 2 nitrogen and oxygen atoms in total. The molecule has 0 amide bonds. The van der Waals surface area contributed by atoms with E-state index in [-0.39, 0.29) is 16.9 Å². The van der Waals surface area contributed by atoms with Gasteiger partial charge in [0, 0.05) is 5.56 Å². The predicted molar refractivity (Wildman–Crippen MR) is 67.7 cm³/mol. The van der Waals surface area contributed by atoms with Crippen LogP contribution in [0.4, 0.5) is 39.5 Å². The molecule has 11 heteroatoms. The van der Waals surface area contributed by atoms with Gasteiger partial charge in [0.15, 0.2) is 0 Å². The summed E-state index contributed by atoms with van der Waals surface area (Å²) >= 11 is 0. The SMILES string of the molecule is COc1cc(C)c(C(=O)C(F)(F)C(F)(F)C(F)(F)C(F)(F)F)cc1C. The molecule has 0 bridgehead atoms. The molecule has 0 heterocycles. The zero-order valence-corrected chi connectivity index (χ0v) is 12.9. The van der Waals surface area contributed by atoms with Gasteiger partial charge in [0.05, 0.1) is 7.11 Å². The fourth-order valence-corrected chi connectivity index (χ4v) is 1.94. The summed E-state index contributed by atoms with van der Waals surface area (Å²) in [6, 6.07) is 1.63. The number of benzene rings is 1. The molecule has 0 aliphatic carbocycles. The van der Waals surface area contributed by atoms with Gasteiger partial charge in [-0.15, -0.1) is 0 Å². The molecule has 25 heavy (non-hydrogen) atoms. The summed E-state index contributed by atoms with van der Waals surface area (Å²) in [4.78, 5) is 11.7. The molecule has 142 valence electrons. The molecule has 0 aliphatic heterocycles. The summed E-state index contributed by atoms with van der Waals surface area (Å²) in [5.41, 5.74) is -1.47. The Kier molecular flexibility index (Phi) is 5.15. The fraction of sp³-hybridized carbons (Fsp3) is 0.500. The lowest BCUT2D eigenvalue weighted by atomic mass is 9.92. The molecule has 0 aliphatic rings. The molecular formula is C14H11F9O2. The number of alkyl halides is 9. The van der Waals surface area contributed by atoms with Crippen LogP contribution in [0.3, 0.4) is 0 Å². The molecule has 0 atom stereocenters. The Labute approximate surface area is 135 Å². The van der Waals surface area contributed by atoms with Gasteiger partial charge in [-0.1, -0.05) is 0 Å². The Morgan fingerprint density at radius 3 is 1.72 bits per heavy atom. The lowest BCUT2D eigenvalue weighted by Gasteiger charge is -2.33. The van der Waals surface area contributed by atoms with Crippen molar-refractivity contribution < 1.29 is 49.0 Å². The Morgan fingerprint density at radius 2 is 1.32 bits per heavy atom. The van der Waals surface area contributed by atoms with Crippen molar-refractivity contribution in [2.75, 3.05) is 7.11 Å². The molecular weight excluding hydrogens is 371 g/mol. The second-order valence-electron chi connectivity index (χ2n) is 5.19. The number of ketones is 1. The molecule has 1 aromatic rings. The minimum atomic E-state index is -7.12. The summed E-state index contributed by atoms with van der Waals surface area (Å²) in [6.07, 6.45) is -6.98. The van der Waals surface area contributed by atoms with Gasteiger partial charge >= 0.3 is 23.9 Å². The van der Waals surface area contributed by atoms with Crippen molar-refractivity contribution in [1.82, 2.24) is 0 Å². The van der Waals surface area contributed by atoms with E-state index in [9.17, 15) is 44.3 Å². The van der Waals surface area contributed by atoms with Gasteiger partial charge in [-0.2, -0.15) is 39.5 Å². The maximum Gasteiger partial charge on any atom is 0.460 e. The zero-order valence-electron chi connectivity index (χ0n) is 12.9. The highest BCUT2D eigenvalue weighted by atomic mass is 19.4. The van der Waals surface area contributed by atoms with Crippen LogP contribution in [0, 0.1) is 13.8 Å². The molecule has 0 saturated carbocycles. The largest absolute Gasteiger partial charge is 0.496 e. The van der Waals surface area contributed by atoms with E-state index in [0.29, 0.717) is 6.07 Å². The van der Waals surface area contributed by atoms with Crippen LogP contribution in [0.5, 0.6) is 5.75 Å². The number of hydrogen-bond acceptors (Lipinski definition) is 2. The molecule has 0 radical (unpaired) electrons. The summed E-state index contributed by atoms with van der Waals surface area (Å²) < 4.78 is 121. The first kappa shape index (κ1) is 21.1. The van der Waals surface area contributed by atoms with Gasteiger partial charge in [0.2, 0.25) is 5.78 Å². The maximum atomic E-state index is 13.7. The second kappa shape index (κ2) is 6.10. The van der Waals surface area contributed by atoms with Crippen LogP contribution in [0.15, 0.2) is 12.1 Å². The first-order valence-corrected chi connectivity index (χ1v) is 6.42. The number of rotatable bonds is 5. The zero-order chi connectivity index (χ0) is 20.0. The average Bonchev–Trinajstić information content (AvgIpc) is 2.46. The monoisotopic (exact) mass is 382 g/mol. The highest BCUT2D eigenvalue weighted by Crippen LogP contribution is 2.54. The third-order valence-electron chi connectivity index (χ3n) is 3.42. The average molecular weight is 382 g/mol. The predicted octanol–water partition coefficient (Wildman–Crippen LogP) is 4.96. The van der Waals surface area contributed by atoms with Crippen molar-refractivity contribution in [3.8, 4) is 5.75 Å². The lowest BCUT2D eigenvalue weighted by Crippen LogP contribution is -2.63. The van der Waals surface area contributed by atoms with Crippen LogP contribution in [0.2, 0.25) is 0 Å². The number of carbonyl (C=O) groups is 1. The Bertz CT molecular complexity index is 678. The molecule has 1 aromatic carbocycles. The van der Waals surface area contributed by atoms with Gasteiger partial charge < -0.3 is 4.74 Å². The van der Waals surface area contributed by atoms with E-state index < -0.39 is 35.3 Å². The van der Waals surface area contributed by atoms with Crippen LogP contribution in [0.1, 0.15) is 21.5 Å².